The van der Waals surface area contributed by atoms with Crippen molar-refractivity contribution in [1.29, 1.82) is 0 Å². The van der Waals surface area contributed by atoms with Gasteiger partial charge in [-0.25, -0.2) is 0 Å². The average Bonchev–Trinajstić information content (AvgIpc) is 2.78. The summed E-state index contributed by atoms with van der Waals surface area (Å²) in [5.41, 5.74) is 0. The van der Waals surface area contributed by atoms with Crippen LogP contribution in [0.2, 0.25) is 0 Å². The molecule has 0 aromatic carbocycles. The summed E-state index contributed by atoms with van der Waals surface area (Å²) in [7, 11) is 0. The highest BCUT2D eigenvalue weighted by Crippen LogP contribution is 2.28. The standard InChI is InChI=1S/C13H25NO2/c1-2-12(9-10-15)14-13(16)8-7-11-5-3-4-6-11/h11-12,15H,2-10H2,1H3,(H,14,16). The molecule has 0 saturated heterocycles. The highest BCUT2D eigenvalue weighted by molar-refractivity contribution is 5.76. The van der Waals surface area contributed by atoms with Crippen LogP contribution in [-0.4, -0.2) is 23.7 Å². The molecule has 0 aromatic heterocycles. The molecule has 1 saturated carbocycles. The fraction of sp³-hybridized carbons (Fsp3) is 0.923. The van der Waals surface area contributed by atoms with Crippen LogP contribution in [0.15, 0.2) is 0 Å². The minimum atomic E-state index is 0.154. The molecule has 94 valence electrons. The summed E-state index contributed by atoms with van der Waals surface area (Å²) in [4.78, 5) is 11.7. The van der Waals surface area contributed by atoms with Gasteiger partial charge in [0, 0.05) is 19.1 Å². The summed E-state index contributed by atoms with van der Waals surface area (Å²) < 4.78 is 0. The van der Waals surface area contributed by atoms with Crippen LogP contribution in [0.25, 0.3) is 0 Å². The zero-order chi connectivity index (χ0) is 11.8. The van der Waals surface area contributed by atoms with Crippen LogP contribution >= 0.6 is 0 Å². The Balaban J connectivity index is 2.13. The van der Waals surface area contributed by atoms with Crippen LogP contribution in [0, 0.1) is 5.92 Å². The zero-order valence-electron chi connectivity index (χ0n) is 10.4. The first-order chi connectivity index (χ1) is 7.76. The van der Waals surface area contributed by atoms with Crippen molar-refractivity contribution >= 4 is 5.91 Å². The molecule has 1 unspecified atom stereocenters. The second-order valence-corrected chi connectivity index (χ2v) is 4.87. The van der Waals surface area contributed by atoms with E-state index in [-0.39, 0.29) is 18.6 Å². The molecule has 1 amide bonds. The van der Waals surface area contributed by atoms with Gasteiger partial charge in [-0.15, -0.1) is 0 Å². The lowest BCUT2D eigenvalue weighted by Gasteiger charge is -2.16. The van der Waals surface area contributed by atoms with Gasteiger partial charge < -0.3 is 10.4 Å². The summed E-state index contributed by atoms with van der Waals surface area (Å²) in [6, 6.07) is 0.154. The van der Waals surface area contributed by atoms with E-state index in [0.717, 1.165) is 18.8 Å². The third-order valence-electron chi connectivity index (χ3n) is 3.59. The van der Waals surface area contributed by atoms with Gasteiger partial charge in [0.05, 0.1) is 0 Å². The Morgan fingerprint density at radius 2 is 2.12 bits per heavy atom. The summed E-state index contributed by atoms with van der Waals surface area (Å²) in [6.07, 6.45) is 8.57. The van der Waals surface area contributed by atoms with Crippen LogP contribution in [-0.2, 0) is 4.79 Å². The van der Waals surface area contributed by atoms with E-state index in [4.69, 9.17) is 5.11 Å². The summed E-state index contributed by atoms with van der Waals surface area (Å²) >= 11 is 0. The van der Waals surface area contributed by atoms with Crippen molar-refractivity contribution in [3.8, 4) is 0 Å². The molecule has 1 aliphatic carbocycles. The van der Waals surface area contributed by atoms with Gasteiger partial charge in [-0.1, -0.05) is 32.6 Å². The number of hydrogen-bond acceptors (Lipinski definition) is 2. The molecule has 1 fully saturated rings. The maximum absolute atomic E-state index is 11.7. The first-order valence-electron chi connectivity index (χ1n) is 6.66. The van der Waals surface area contributed by atoms with E-state index in [0.29, 0.717) is 12.8 Å². The number of nitrogens with one attached hydrogen (secondary N) is 1. The van der Waals surface area contributed by atoms with Crippen molar-refractivity contribution in [2.75, 3.05) is 6.61 Å². The van der Waals surface area contributed by atoms with Gasteiger partial charge in [-0.05, 0) is 25.2 Å². The SMILES string of the molecule is CCC(CCO)NC(=O)CCC1CCCC1. The third-order valence-corrected chi connectivity index (χ3v) is 3.59. The number of carbonyl (C=O) groups excluding carboxylic acids is 1. The number of amides is 1. The molecule has 1 atom stereocenters. The minimum absolute atomic E-state index is 0.154. The molecule has 16 heavy (non-hydrogen) atoms. The zero-order valence-corrected chi connectivity index (χ0v) is 10.4. The predicted octanol–water partition coefficient (Wildman–Crippen LogP) is 2.23. The minimum Gasteiger partial charge on any atom is -0.396 e. The van der Waals surface area contributed by atoms with Gasteiger partial charge in [-0.2, -0.15) is 0 Å². The van der Waals surface area contributed by atoms with Crippen molar-refractivity contribution < 1.29 is 9.90 Å². The number of carbonyl (C=O) groups is 1. The van der Waals surface area contributed by atoms with E-state index >= 15 is 0 Å². The molecule has 0 heterocycles. The normalized spacial score (nSPS) is 18.6. The fourth-order valence-electron chi connectivity index (χ4n) is 2.47. The molecular formula is C13H25NO2. The third kappa shape index (κ3) is 4.97. The second kappa shape index (κ2) is 7.66. The lowest BCUT2D eigenvalue weighted by molar-refractivity contribution is -0.122. The molecule has 3 nitrogen and oxygen atoms in total. The largest absolute Gasteiger partial charge is 0.396 e. The molecule has 0 spiro atoms. The Morgan fingerprint density at radius 3 is 2.69 bits per heavy atom. The number of aliphatic hydroxyl groups is 1. The second-order valence-electron chi connectivity index (χ2n) is 4.87. The highest BCUT2D eigenvalue weighted by atomic mass is 16.3. The van der Waals surface area contributed by atoms with Crippen LogP contribution in [0.5, 0.6) is 0 Å². The molecule has 2 N–H and O–H groups in total. The van der Waals surface area contributed by atoms with Crippen molar-refractivity contribution in [2.45, 2.75) is 64.3 Å². The molecule has 0 aromatic rings. The number of aliphatic hydroxyl groups excluding tert-OH is 1. The highest BCUT2D eigenvalue weighted by Gasteiger charge is 2.17. The topological polar surface area (TPSA) is 49.3 Å². The van der Waals surface area contributed by atoms with Gasteiger partial charge in [0.15, 0.2) is 0 Å². The van der Waals surface area contributed by atoms with Crippen LogP contribution in [0.1, 0.15) is 58.3 Å². The van der Waals surface area contributed by atoms with Crippen molar-refractivity contribution in [3.05, 3.63) is 0 Å². The van der Waals surface area contributed by atoms with Crippen molar-refractivity contribution in [2.24, 2.45) is 5.92 Å². The molecule has 3 heteroatoms. The van der Waals surface area contributed by atoms with Crippen molar-refractivity contribution in [3.63, 3.8) is 0 Å². The smallest absolute Gasteiger partial charge is 0.220 e. The van der Waals surface area contributed by atoms with Gasteiger partial charge >= 0.3 is 0 Å². The molecule has 1 rings (SSSR count). The monoisotopic (exact) mass is 227 g/mol. The van der Waals surface area contributed by atoms with E-state index < -0.39 is 0 Å². The van der Waals surface area contributed by atoms with Crippen molar-refractivity contribution in [1.82, 2.24) is 5.32 Å². The Kier molecular flexibility index (Phi) is 6.46. The van der Waals surface area contributed by atoms with Gasteiger partial charge in [0.2, 0.25) is 5.91 Å². The lowest BCUT2D eigenvalue weighted by Crippen LogP contribution is -2.35. The van der Waals surface area contributed by atoms with E-state index in [1.807, 2.05) is 6.92 Å². The van der Waals surface area contributed by atoms with Crippen LogP contribution in [0.3, 0.4) is 0 Å². The molecule has 0 aliphatic heterocycles. The number of hydrogen-bond donors (Lipinski definition) is 2. The van der Waals surface area contributed by atoms with Gasteiger partial charge in [-0.3, -0.25) is 4.79 Å². The molecule has 0 radical (unpaired) electrons. The quantitative estimate of drug-likeness (QED) is 0.700. The van der Waals surface area contributed by atoms with Gasteiger partial charge in [0.1, 0.15) is 0 Å². The van der Waals surface area contributed by atoms with E-state index in [1.165, 1.54) is 25.7 Å². The van der Waals surface area contributed by atoms with Crippen LogP contribution in [0.4, 0.5) is 0 Å². The maximum Gasteiger partial charge on any atom is 0.220 e. The molecule has 0 bridgehead atoms. The first kappa shape index (κ1) is 13.5. The summed E-state index contributed by atoms with van der Waals surface area (Å²) in [5.74, 6) is 0.941. The Hall–Kier alpha value is -0.570. The number of rotatable bonds is 7. The molecule has 1 aliphatic rings. The van der Waals surface area contributed by atoms with E-state index in [9.17, 15) is 4.79 Å². The van der Waals surface area contributed by atoms with E-state index in [2.05, 4.69) is 5.32 Å². The summed E-state index contributed by atoms with van der Waals surface area (Å²) in [6.45, 7) is 2.19. The Morgan fingerprint density at radius 1 is 1.44 bits per heavy atom. The summed E-state index contributed by atoms with van der Waals surface area (Å²) in [5, 5.41) is 11.8. The maximum atomic E-state index is 11.7. The Bertz CT molecular complexity index is 200. The van der Waals surface area contributed by atoms with E-state index in [1.54, 1.807) is 0 Å². The van der Waals surface area contributed by atoms with Gasteiger partial charge in [0.25, 0.3) is 0 Å². The lowest BCUT2D eigenvalue weighted by atomic mass is 10.0. The van der Waals surface area contributed by atoms with Crippen LogP contribution < -0.4 is 5.32 Å². The first-order valence-corrected chi connectivity index (χ1v) is 6.66. The average molecular weight is 227 g/mol. The molecular weight excluding hydrogens is 202 g/mol. The predicted molar refractivity (Wildman–Crippen MR) is 65.1 cm³/mol. The fourth-order valence-corrected chi connectivity index (χ4v) is 2.47. The Labute approximate surface area is 98.6 Å².